The van der Waals surface area contributed by atoms with E-state index in [0.29, 0.717) is 6.42 Å². The summed E-state index contributed by atoms with van der Waals surface area (Å²) in [6.07, 6.45) is 2.22. The molecule has 1 heterocycles. The van der Waals surface area contributed by atoms with Gasteiger partial charge in [0.05, 0.1) is 6.42 Å². The average molecular weight is 311 g/mol. The first-order valence-electron chi connectivity index (χ1n) is 5.07. The second kappa shape index (κ2) is 5.42. The molecular formula is C12H11BrN2OS. The first kappa shape index (κ1) is 12.3. The highest BCUT2D eigenvalue weighted by molar-refractivity contribution is 9.10. The molecule has 1 aromatic carbocycles. The van der Waals surface area contributed by atoms with Crippen LogP contribution in [0.2, 0.25) is 0 Å². The molecular weight excluding hydrogens is 300 g/mol. The van der Waals surface area contributed by atoms with Crippen LogP contribution in [0.25, 0.3) is 0 Å². The van der Waals surface area contributed by atoms with Crippen LogP contribution in [0.4, 0.5) is 0 Å². The monoisotopic (exact) mass is 310 g/mol. The maximum atomic E-state index is 11.7. The van der Waals surface area contributed by atoms with Gasteiger partial charge >= 0.3 is 0 Å². The summed E-state index contributed by atoms with van der Waals surface area (Å²) in [5, 5.41) is 1.91. The van der Waals surface area contributed by atoms with Crippen LogP contribution in [0.15, 0.2) is 45.3 Å². The van der Waals surface area contributed by atoms with E-state index in [9.17, 15) is 4.79 Å². The maximum absolute atomic E-state index is 11.7. The smallest absolute Gasteiger partial charge is 0.252 e. The van der Waals surface area contributed by atoms with Crippen molar-refractivity contribution in [2.45, 2.75) is 6.42 Å². The molecule has 1 aromatic heterocycles. The number of thiazole rings is 1. The van der Waals surface area contributed by atoms with Crippen molar-refractivity contribution in [1.29, 1.82) is 0 Å². The summed E-state index contributed by atoms with van der Waals surface area (Å²) in [5.41, 5.74) is 0.973. The van der Waals surface area contributed by atoms with Gasteiger partial charge in [0, 0.05) is 23.1 Å². The SMILES string of the molecule is Cn1ccsc1=NC(=O)Cc1ccc(Br)cc1. The van der Waals surface area contributed by atoms with E-state index in [2.05, 4.69) is 20.9 Å². The lowest BCUT2D eigenvalue weighted by Gasteiger charge is -1.97. The highest BCUT2D eigenvalue weighted by Gasteiger charge is 2.02. The molecule has 3 nitrogen and oxygen atoms in total. The Morgan fingerprint density at radius 2 is 2.12 bits per heavy atom. The van der Waals surface area contributed by atoms with Gasteiger partial charge in [0.2, 0.25) is 0 Å². The summed E-state index contributed by atoms with van der Waals surface area (Å²) >= 11 is 4.82. The zero-order valence-corrected chi connectivity index (χ0v) is 11.7. The molecule has 1 amide bonds. The molecule has 88 valence electrons. The topological polar surface area (TPSA) is 34.4 Å². The molecule has 0 N–H and O–H groups in total. The van der Waals surface area contributed by atoms with Crippen molar-refractivity contribution in [2.24, 2.45) is 12.0 Å². The highest BCUT2D eigenvalue weighted by atomic mass is 79.9. The lowest BCUT2D eigenvalue weighted by atomic mass is 10.1. The summed E-state index contributed by atoms with van der Waals surface area (Å²) in [6.45, 7) is 0. The van der Waals surface area contributed by atoms with E-state index in [1.165, 1.54) is 11.3 Å². The van der Waals surface area contributed by atoms with E-state index in [0.717, 1.165) is 14.8 Å². The van der Waals surface area contributed by atoms with Crippen molar-refractivity contribution in [3.8, 4) is 0 Å². The molecule has 0 aliphatic rings. The number of carbonyl (C=O) groups excluding carboxylic acids is 1. The number of halogens is 1. The number of hydrogen-bond acceptors (Lipinski definition) is 2. The van der Waals surface area contributed by atoms with Gasteiger partial charge in [-0.3, -0.25) is 4.79 Å². The number of rotatable bonds is 2. The second-order valence-corrected chi connectivity index (χ2v) is 5.39. The predicted molar refractivity (Wildman–Crippen MR) is 71.7 cm³/mol. The van der Waals surface area contributed by atoms with Gasteiger partial charge < -0.3 is 4.57 Å². The molecule has 0 fully saturated rings. The number of aryl methyl sites for hydroxylation is 1. The molecule has 5 heteroatoms. The van der Waals surface area contributed by atoms with Gasteiger partial charge in [-0.15, -0.1) is 11.3 Å². The van der Waals surface area contributed by atoms with Crippen LogP contribution in [-0.2, 0) is 18.3 Å². The minimum Gasteiger partial charge on any atom is -0.327 e. The fourth-order valence-corrected chi connectivity index (χ4v) is 2.37. The first-order chi connectivity index (χ1) is 8.15. The Labute approximate surface area is 112 Å². The third kappa shape index (κ3) is 3.38. The molecule has 2 aromatic rings. The fourth-order valence-electron chi connectivity index (χ4n) is 1.36. The summed E-state index contributed by atoms with van der Waals surface area (Å²) in [7, 11) is 1.88. The lowest BCUT2D eigenvalue weighted by molar-refractivity contribution is -0.117. The van der Waals surface area contributed by atoms with Crippen molar-refractivity contribution >= 4 is 33.2 Å². The Balaban J connectivity index is 2.13. The van der Waals surface area contributed by atoms with Crippen LogP contribution in [0, 0.1) is 0 Å². The van der Waals surface area contributed by atoms with Gasteiger partial charge in [-0.25, -0.2) is 0 Å². The largest absolute Gasteiger partial charge is 0.327 e. The molecule has 0 saturated carbocycles. The number of benzene rings is 1. The Hall–Kier alpha value is -1.20. The fraction of sp³-hybridized carbons (Fsp3) is 0.167. The minimum atomic E-state index is -0.120. The van der Waals surface area contributed by atoms with Crippen LogP contribution in [-0.4, -0.2) is 10.5 Å². The number of carbonyl (C=O) groups is 1. The normalized spacial score (nSPS) is 11.8. The van der Waals surface area contributed by atoms with Crippen LogP contribution < -0.4 is 4.80 Å². The van der Waals surface area contributed by atoms with Crippen molar-refractivity contribution in [2.75, 3.05) is 0 Å². The summed E-state index contributed by atoms with van der Waals surface area (Å²) < 4.78 is 2.85. The number of aromatic nitrogens is 1. The van der Waals surface area contributed by atoms with E-state index < -0.39 is 0 Å². The highest BCUT2D eigenvalue weighted by Crippen LogP contribution is 2.11. The van der Waals surface area contributed by atoms with Crippen LogP contribution in [0.3, 0.4) is 0 Å². The summed E-state index contributed by atoms with van der Waals surface area (Å²) in [4.78, 5) is 16.5. The van der Waals surface area contributed by atoms with Crippen molar-refractivity contribution in [1.82, 2.24) is 4.57 Å². The summed E-state index contributed by atoms with van der Waals surface area (Å²) in [5.74, 6) is -0.120. The maximum Gasteiger partial charge on any atom is 0.252 e. The first-order valence-corrected chi connectivity index (χ1v) is 6.74. The number of hydrogen-bond donors (Lipinski definition) is 0. The zero-order chi connectivity index (χ0) is 12.3. The van der Waals surface area contributed by atoms with E-state index in [1.807, 2.05) is 47.5 Å². The van der Waals surface area contributed by atoms with E-state index >= 15 is 0 Å². The average Bonchev–Trinajstić information content (AvgIpc) is 2.68. The Morgan fingerprint density at radius 1 is 1.41 bits per heavy atom. The van der Waals surface area contributed by atoms with E-state index in [-0.39, 0.29) is 5.91 Å². The quantitative estimate of drug-likeness (QED) is 0.839. The third-order valence-electron chi connectivity index (χ3n) is 2.25. The van der Waals surface area contributed by atoms with Crippen molar-refractivity contribution in [3.63, 3.8) is 0 Å². The number of amides is 1. The zero-order valence-electron chi connectivity index (χ0n) is 9.26. The molecule has 0 bridgehead atoms. The van der Waals surface area contributed by atoms with Gasteiger partial charge in [-0.05, 0) is 17.7 Å². The molecule has 0 radical (unpaired) electrons. The summed E-state index contributed by atoms with van der Waals surface area (Å²) in [6, 6.07) is 7.69. The molecule has 0 atom stereocenters. The number of nitrogens with zero attached hydrogens (tertiary/aromatic N) is 2. The van der Waals surface area contributed by atoms with Gasteiger partial charge in [0.1, 0.15) is 0 Å². The molecule has 17 heavy (non-hydrogen) atoms. The molecule has 2 rings (SSSR count). The van der Waals surface area contributed by atoms with Crippen LogP contribution >= 0.6 is 27.3 Å². The van der Waals surface area contributed by atoms with Crippen molar-refractivity contribution in [3.05, 3.63) is 50.7 Å². The minimum absolute atomic E-state index is 0.120. The van der Waals surface area contributed by atoms with Crippen molar-refractivity contribution < 1.29 is 4.79 Å². The lowest BCUT2D eigenvalue weighted by Crippen LogP contribution is -2.13. The Kier molecular flexibility index (Phi) is 3.91. The van der Waals surface area contributed by atoms with E-state index in [4.69, 9.17) is 0 Å². The Bertz CT molecular complexity index is 583. The van der Waals surface area contributed by atoms with Gasteiger partial charge in [-0.1, -0.05) is 28.1 Å². The molecule has 0 aliphatic heterocycles. The van der Waals surface area contributed by atoms with Gasteiger partial charge in [-0.2, -0.15) is 4.99 Å². The van der Waals surface area contributed by atoms with Gasteiger partial charge in [0.25, 0.3) is 5.91 Å². The molecule has 0 saturated heterocycles. The molecule has 0 spiro atoms. The standard InChI is InChI=1S/C12H11BrN2OS/c1-15-6-7-17-12(15)14-11(16)8-9-2-4-10(13)5-3-9/h2-7H,8H2,1H3. The predicted octanol–water partition coefficient (Wildman–Crippen LogP) is 2.52. The molecule has 0 unspecified atom stereocenters. The Morgan fingerprint density at radius 3 is 2.71 bits per heavy atom. The molecule has 0 aliphatic carbocycles. The van der Waals surface area contributed by atoms with Crippen LogP contribution in [0.1, 0.15) is 5.56 Å². The van der Waals surface area contributed by atoms with Crippen LogP contribution in [0.5, 0.6) is 0 Å². The second-order valence-electron chi connectivity index (χ2n) is 3.61. The third-order valence-corrected chi connectivity index (χ3v) is 3.63. The van der Waals surface area contributed by atoms with E-state index in [1.54, 1.807) is 0 Å². The van der Waals surface area contributed by atoms with Gasteiger partial charge in [0.15, 0.2) is 4.80 Å².